The molecule has 2 saturated heterocycles. The molecule has 1 N–H and O–H groups in total. The fourth-order valence-corrected chi connectivity index (χ4v) is 3.53. The number of amides is 1. The van der Waals surface area contributed by atoms with Gasteiger partial charge in [-0.3, -0.25) is 9.89 Å². The Hall–Kier alpha value is -2.57. The lowest BCUT2D eigenvalue weighted by atomic mass is 10.3. The van der Waals surface area contributed by atoms with Crippen LogP contribution in [0.2, 0.25) is 0 Å². The number of aromatic amines is 1. The third kappa shape index (κ3) is 3.60. The predicted molar refractivity (Wildman–Crippen MR) is 93.6 cm³/mol. The number of anilines is 1. The average molecular weight is 341 g/mol. The van der Waals surface area contributed by atoms with Gasteiger partial charge >= 0.3 is 0 Å². The SMILES string of the molecule is O=C(Cc1ccn[nH]1)N1CC[C@H](Oc2cccnc2N2CCCC2)C1. The molecule has 2 aliphatic rings. The fourth-order valence-electron chi connectivity index (χ4n) is 3.53. The molecule has 1 amide bonds. The second-order valence-electron chi connectivity index (χ2n) is 6.65. The number of likely N-dealkylation sites (tertiary alicyclic amines) is 1. The molecule has 4 rings (SSSR count). The number of aromatic nitrogens is 3. The van der Waals surface area contributed by atoms with Crippen molar-refractivity contribution in [3.63, 3.8) is 0 Å². The van der Waals surface area contributed by atoms with Crippen molar-refractivity contribution in [2.45, 2.75) is 31.8 Å². The van der Waals surface area contributed by atoms with Crippen LogP contribution in [0.1, 0.15) is 25.0 Å². The first-order valence-corrected chi connectivity index (χ1v) is 8.92. The van der Waals surface area contributed by atoms with E-state index in [4.69, 9.17) is 4.74 Å². The molecule has 0 radical (unpaired) electrons. The van der Waals surface area contributed by atoms with Gasteiger partial charge in [0.2, 0.25) is 5.91 Å². The number of carbonyl (C=O) groups excluding carboxylic acids is 1. The molecule has 0 aromatic carbocycles. The summed E-state index contributed by atoms with van der Waals surface area (Å²) >= 11 is 0. The van der Waals surface area contributed by atoms with Crippen molar-refractivity contribution < 1.29 is 9.53 Å². The summed E-state index contributed by atoms with van der Waals surface area (Å²) in [6.07, 6.45) is 7.12. The van der Waals surface area contributed by atoms with Crippen LogP contribution >= 0.6 is 0 Å². The average Bonchev–Trinajstić information content (AvgIpc) is 3.38. The van der Waals surface area contributed by atoms with E-state index in [1.807, 2.05) is 29.3 Å². The van der Waals surface area contributed by atoms with Gasteiger partial charge in [-0.15, -0.1) is 0 Å². The minimum absolute atomic E-state index is 0.0243. The zero-order valence-electron chi connectivity index (χ0n) is 14.2. The molecular weight excluding hydrogens is 318 g/mol. The van der Waals surface area contributed by atoms with Crippen molar-refractivity contribution in [1.82, 2.24) is 20.1 Å². The molecule has 25 heavy (non-hydrogen) atoms. The zero-order chi connectivity index (χ0) is 17.1. The van der Waals surface area contributed by atoms with E-state index < -0.39 is 0 Å². The van der Waals surface area contributed by atoms with Gasteiger partial charge in [0.15, 0.2) is 11.6 Å². The Morgan fingerprint density at radius 2 is 2.12 bits per heavy atom. The number of nitrogens with one attached hydrogen (secondary N) is 1. The highest BCUT2D eigenvalue weighted by molar-refractivity contribution is 5.78. The van der Waals surface area contributed by atoms with Crippen LogP contribution in [0.15, 0.2) is 30.6 Å². The molecule has 2 aromatic rings. The Kier molecular flexibility index (Phi) is 4.54. The third-order valence-electron chi connectivity index (χ3n) is 4.85. The van der Waals surface area contributed by atoms with Crippen molar-refractivity contribution in [3.05, 3.63) is 36.3 Å². The quantitative estimate of drug-likeness (QED) is 0.895. The second-order valence-corrected chi connectivity index (χ2v) is 6.65. The summed E-state index contributed by atoms with van der Waals surface area (Å²) in [5.74, 6) is 1.88. The maximum absolute atomic E-state index is 12.4. The molecule has 7 nitrogen and oxygen atoms in total. The molecule has 0 bridgehead atoms. The molecule has 0 aliphatic carbocycles. The van der Waals surface area contributed by atoms with E-state index in [9.17, 15) is 4.79 Å². The number of hydrogen-bond acceptors (Lipinski definition) is 5. The van der Waals surface area contributed by atoms with E-state index in [0.717, 1.165) is 43.3 Å². The monoisotopic (exact) mass is 341 g/mol. The molecule has 132 valence electrons. The van der Waals surface area contributed by atoms with Gasteiger partial charge in [0.05, 0.1) is 13.0 Å². The van der Waals surface area contributed by atoms with E-state index in [-0.39, 0.29) is 12.0 Å². The highest BCUT2D eigenvalue weighted by atomic mass is 16.5. The maximum Gasteiger partial charge on any atom is 0.228 e. The van der Waals surface area contributed by atoms with Crippen LogP contribution in [0.4, 0.5) is 5.82 Å². The molecule has 2 fully saturated rings. The van der Waals surface area contributed by atoms with Crippen LogP contribution in [0.3, 0.4) is 0 Å². The molecule has 4 heterocycles. The van der Waals surface area contributed by atoms with Gasteiger partial charge in [-0.25, -0.2) is 4.98 Å². The van der Waals surface area contributed by atoms with E-state index in [1.54, 1.807) is 6.20 Å². The second kappa shape index (κ2) is 7.13. The molecule has 1 atom stereocenters. The molecular formula is C18H23N5O2. The minimum atomic E-state index is 0.0243. The van der Waals surface area contributed by atoms with Crippen LogP contribution < -0.4 is 9.64 Å². The van der Waals surface area contributed by atoms with Gasteiger partial charge in [-0.05, 0) is 31.0 Å². The Labute approximate surface area is 147 Å². The van der Waals surface area contributed by atoms with Gasteiger partial charge in [0.25, 0.3) is 0 Å². The number of carbonyl (C=O) groups is 1. The van der Waals surface area contributed by atoms with Gasteiger partial charge in [0, 0.05) is 44.1 Å². The topological polar surface area (TPSA) is 74.3 Å². The van der Waals surface area contributed by atoms with Crippen LogP contribution in [0, 0.1) is 0 Å². The first-order chi connectivity index (χ1) is 12.3. The van der Waals surface area contributed by atoms with Crippen molar-refractivity contribution >= 4 is 11.7 Å². The molecule has 7 heteroatoms. The van der Waals surface area contributed by atoms with Gasteiger partial charge in [-0.2, -0.15) is 5.10 Å². The van der Waals surface area contributed by atoms with Crippen molar-refractivity contribution in [1.29, 1.82) is 0 Å². The van der Waals surface area contributed by atoms with Crippen LogP contribution in [-0.4, -0.2) is 58.3 Å². The number of nitrogens with zero attached hydrogens (tertiary/aromatic N) is 4. The van der Waals surface area contributed by atoms with E-state index in [2.05, 4.69) is 20.1 Å². The molecule has 0 spiro atoms. The number of ether oxygens (including phenoxy) is 1. The minimum Gasteiger partial charge on any atom is -0.485 e. The summed E-state index contributed by atoms with van der Waals surface area (Å²) in [5.41, 5.74) is 0.845. The zero-order valence-corrected chi connectivity index (χ0v) is 14.2. The maximum atomic E-state index is 12.4. The van der Waals surface area contributed by atoms with Crippen LogP contribution in [0.25, 0.3) is 0 Å². The number of pyridine rings is 1. The first kappa shape index (κ1) is 15.9. The molecule has 0 unspecified atom stereocenters. The summed E-state index contributed by atoms with van der Waals surface area (Å²) in [7, 11) is 0. The largest absolute Gasteiger partial charge is 0.485 e. The lowest BCUT2D eigenvalue weighted by Gasteiger charge is -2.22. The fraction of sp³-hybridized carbons (Fsp3) is 0.500. The molecule has 0 saturated carbocycles. The van der Waals surface area contributed by atoms with E-state index in [0.29, 0.717) is 13.0 Å². The standard InChI is InChI=1S/C18H23N5O2/c24-17(12-14-5-8-20-21-14)23-11-6-15(13-23)25-16-4-3-7-19-18(16)22-9-1-2-10-22/h3-5,7-8,15H,1-2,6,9-13H2,(H,20,21)/t15-/m0/s1. The summed E-state index contributed by atoms with van der Waals surface area (Å²) in [4.78, 5) is 21.1. The Balaban J connectivity index is 1.37. The first-order valence-electron chi connectivity index (χ1n) is 8.92. The third-order valence-corrected chi connectivity index (χ3v) is 4.85. The van der Waals surface area contributed by atoms with Crippen molar-refractivity contribution in [2.75, 3.05) is 31.1 Å². The smallest absolute Gasteiger partial charge is 0.228 e. The van der Waals surface area contributed by atoms with Crippen LogP contribution in [-0.2, 0) is 11.2 Å². The number of hydrogen-bond donors (Lipinski definition) is 1. The lowest BCUT2D eigenvalue weighted by Crippen LogP contribution is -2.32. The molecule has 2 aliphatic heterocycles. The Bertz CT molecular complexity index is 712. The summed E-state index contributed by atoms with van der Waals surface area (Å²) in [6, 6.07) is 5.72. The van der Waals surface area contributed by atoms with E-state index >= 15 is 0 Å². The number of H-pyrrole nitrogens is 1. The predicted octanol–water partition coefficient (Wildman–Crippen LogP) is 1.63. The van der Waals surface area contributed by atoms with Gasteiger partial charge in [-0.1, -0.05) is 0 Å². The normalized spacial score (nSPS) is 20.2. The van der Waals surface area contributed by atoms with E-state index in [1.165, 1.54) is 12.8 Å². The Morgan fingerprint density at radius 3 is 2.92 bits per heavy atom. The summed E-state index contributed by atoms with van der Waals surface area (Å²) in [5, 5.41) is 6.73. The summed E-state index contributed by atoms with van der Waals surface area (Å²) < 4.78 is 6.22. The van der Waals surface area contributed by atoms with Crippen molar-refractivity contribution in [3.8, 4) is 5.75 Å². The van der Waals surface area contributed by atoms with Crippen LogP contribution in [0.5, 0.6) is 5.75 Å². The summed E-state index contributed by atoms with van der Waals surface area (Å²) in [6.45, 7) is 3.43. The highest BCUT2D eigenvalue weighted by Gasteiger charge is 2.29. The molecule has 2 aromatic heterocycles. The van der Waals surface area contributed by atoms with Gasteiger partial charge < -0.3 is 14.5 Å². The Morgan fingerprint density at radius 1 is 1.24 bits per heavy atom. The lowest BCUT2D eigenvalue weighted by molar-refractivity contribution is -0.129. The highest BCUT2D eigenvalue weighted by Crippen LogP contribution is 2.30. The van der Waals surface area contributed by atoms with Gasteiger partial charge in [0.1, 0.15) is 6.10 Å². The van der Waals surface area contributed by atoms with Crippen molar-refractivity contribution in [2.24, 2.45) is 0 Å². The number of rotatable bonds is 5.